The first-order valence-electron chi connectivity index (χ1n) is 3.89. The number of carbonyl (C=O) groups excluding carboxylic acids is 1. The minimum Gasteiger partial charge on any atom is -0.468 e. The summed E-state index contributed by atoms with van der Waals surface area (Å²) in [6.07, 6.45) is 0.775. The van der Waals surface area contributed by atoms with E-state index in [2.05, 4.69) is 18.6 Å². The zero-order chi connectivity index (χ0) is 8.65. The lowest BCUT2D eigenvalue weighted by Gasteiger charge is -2.10. The third kappa shape index (κ3) is 1.25. The Labute approximate surface area is 66.9 Å². The lowest BCUT2D eigenvalue weighted by atomic mass is 10.0. The molecular weight excluding hydrogens is 142 g/mol. The largest absolute Gasteiger partial charge is 0.468 e. The number of hydrogen-bond acceptors (Lipinski definition) is 3. The van der Waals surface area contributed by atoms with Crippen LogP contribution in [0.25, 0.3) is 0 Å². The van der Waals surface area contributed by atoms with Gasteiger partial charge in [-0.25, -0.2) is 0 Å². The fourth-order valence-corrected chi connectivity index (χ4v) is 1.56. The van der Waals surface area contributed by atoms with Crippen LogP contribution < -0.4 is 5.73 Å². The van der Waals surface area contributed by atoms with E-state index in [9.17, 15) is 4.79 Å². The van der Waals surface area contributed by atoms with Gasteiger partial charge in [0.2, 0.25) is 0 Å². The predicted octanol–water partition coefficient (Wildman–Crippen LogP) is 0.533. The van der Waals surface area contributed by atoms with Gasteiger partial charge >= 0.3 is 5.97 Å². The molecule has 0 aromatic rings. The van der Waals surface area contributed by atoms with E-state index in [4.69, 9.17) is 5.73 Å². The highest BCUT2D eigenvalue weighted by Crippen LogP contribution is 2.46. The topological polar surface area (TPSA) is 52.3 Å². The van der Waals surface area contributed by atoms with Crippen LogP contribution in [0.15, 0.2) is 0 Å². The van der Waals surface area contributed by atoms with Crippen molar-refractivity contribution in [3.63, 3.8) is 0 Å². The van der Waals surface area contributed by atoms with Crippen LogP contribution in [0.1, 0.15) is 20.3 Å². The van der Waals surface area contributed by atoms with Crippen molar-refractivity contribution in [2.45, 2.75) is 25.8 Å². The second-order valence-electron chi connectivity index (χ2n) is 3.59. The molecule has 2 N–H and O–H groups in total. The highest BCUT2D eigenvalue weighted by molar-refractivity contribution is 5.84. The van der Waals surface area contributed by atoms with Crippen LogP contribution in [0.5, 0.6) is 0 Å². The molecule has 1 aliphatic rings. The summed E-state index contributed by atoms with van der Waals surface area (Å²) in [7, 11) is 1.38. The van der Waals surface area contributed by atoms with Crippen molar-refractivity contribution >= 4 is 5.97 Å². The SMILES string of the molecule is COC(=O)C1(N)CC1C(C)C. The molecule has 0 aliphatic heterocycles. The van der Waals surface area contributed by atoms with Crippen molar-refractivity contribution < 1.29 is 9.53 Å². The van der Waals surface area contributed by atoms with Crippen LogP contribution in [-0.4, -0.2) is 18.6 Å². The molecule has 3 nitrogen and oxygen atoms in total. The van der Waals surface area contributed by atoms with E-state index >= 15 is 0 Å². The number of hydrogen-bond donors (Lipinski definition) is 1. The monoisotopic (exact) mass is 157 g/mol. The Balaban J connectivity index is 2.55. The molecule has 2 unspecified atom stereocenters. The minimum atomic E-state index is -0.664. The molecule has 0 aromatic carbocycles. The van der Waals surface area contributed by atoms with Crippen LogP contribution in [0.3, 0.4) is 0 Å². The van der Waals surface area contributed by atoms with Crippen LogP contribution in [0.4, 0.5) is 0 Å². The molecule has 3 heteroatoms. The highest BCUT2D eigenvalue weighted by atomic mass is 16.5. The van der Waals surface area contributed by atoms with Gasteiger partial charge in [-0.1, -0.05) is 13.8 Å². The Morgan fingerprint density at radius 3 is 2.55 bits per heavy atom. The number of methoxy groups -OCH3 is 1. The van der Waals surface area contributed by atoms with Gasteiger partial charge < -0.3 is 10.5 Å². The van der Waals surface area contributed by atoms with Gasteiger partial charge in [0.15, 0.2) is 0 Å². The molecule has 1 rings (SSSR count). The van der Waals surface area contributed by atoms with Gasteiger partial charge in [0, 0.05) is 0 Å². The Bertz CT molecular complexity index is 179. The quantitative estimate of drug-likeness (QED) is 0.595. The standard InChI is InChI=1S/C8H15NO2/c1-5(2)6-4-8(6,9)7(10)11-3/h5-6H,4,9H2,1-3H3. The maximum atomic E-state index is 11.1. The molecule has 0 aromatic heterocycles. The first-order chi connectivity index (χ1) is 5.02. The molecule has 0 saturated heterocycles. The molecule has 0 heterocycles. The molecule has 0 bridgehead atoms. The molecule has 0 amide bonds. The Morgan fingerprint density at radius 1 is 1.73 bits per heavy atom. The van der Waals surface area contributed by atoms with E-state index in [0.29, 0.717) is 11.8 Å². The maximum Gasteiger partial charge on any atom is 0.326 e. The van der Waals surface area contributed by atoms with Crippen molar-refractivity contribution in [3.05, 3.63) is 0 Å². The lowest BCUT2D eigenvalue weighted by Crippen LogP contribution is -2.37. The summed E-state index contributed by atoms with van der Waals surface area (Å²) in [6, 6.07) is 0. The Morgan fingerprint density at radius 2 is 2.27 bits per heavy atom. The van der Waals surface area contributed by atoms with Gasteiger partial charge in [-0.15, -0.1) is 0 Å². The highest BCUT2D eigenvalue weighted by Gasteiger charge is 2.59. The van der Waals surface area contributed by atoms with Crippen LogP contribution in [0.2, 0.25) is 0 Å². The van der Waals surface area contributed by atoms with Crippen molar-refractivity contribution in [2.24, 2.45) is 17.6 Å². The van der Waals surface area contributed by atoms with Crippen LogP contribution in [0, 0.1) is 11.8 Å². The maximum absolute atomic E-state index is 11.1. The number of esters is 1. The number of carbonyl (C=O) groups is 1. The number of ether oxygens (including phenoxy) is 1. The molecule has 1 saturated carbocycles. The smallest absolute Gasteiger partial charge is 0.326 e. The Kier molecular flexibility index (Phi) is 1.92. The van der Waals surface area contributed by atoms with E-state index in [0.717, 1.165) is 6.42 Å². The first-order valence-corrected chi connectivity index (χ1v) is 3.89. The minimum absolute atomic E-state index is 0.267. The molecule has 64 valence electrons. The summed E-state index contributed by atoms with van der Waals surface area (Å²) in [5, 5.41) is 0. The predicted molar refractivity (Wildman–Crippen MR) is 41.9 cm³/mol. The van der Waals surface area contributed by atoms with Crippen LogP contribution in [-0.2, 0) is 9.53 Å². The molecule has 11 heavy (non-hydrogen) atoms. The summed E-state index contributed by atoms with van der Waals surface area (Å²) in [6.45, 7) is 4.14. The second kappa shape index (κ2) is 2.48. The summed E-state index contributed by atoms with van der Waals surface area (Å²) in [5.74, 6) is 0.519. The van der Waals surface area contributed by atoms with E-state index in [1.807, 2.05) is 0 Å². The summed E-state index contributed by atoms with van der Waals surface area (Å²) < 4.78 is 4.59. The number of nitrogens with two attached hydrogens (primary N) is 1. The van der Waals surface area contributed by atoms with E-state index in [1.165, 1.54) is 7.11 Å². The average Bonchev–Trinajstić information content (AvgIpc) is 2.62. The molecule has 1 aliphatic carbocycles. The van der Waals surface area contributed by atoms with Gasteiger partial charge in [-0.3, -0.25) is 4.79 Å². The Hall–Kier alpha value is -0.570. The molecule has 1 fully saturated rings. The summed E-state index contributed by atoms with van der Waals surface area (Å²) >= 11 is 0. The van der Waals surface area contributed by atoms with Crippen molar-refractivity contribution in [1.29, 1.82) is 0 Å². The van der Waals surface area contributed by atoms with E-state index < -0.39 is 5.54 Å². The van der Waals surface area contributed by atoms with Crippen LogP contribution >= 0.6 is 0 Å². The molecular formula is C8H15NO2. The lowest BCUT2D eigenvalue weighted by molar-refractivity contribution is -0.143. The third-order valence-electron chi connectivity index (χ3n) is 2.43. The van der Waals surface area contributed by atoms with Gasteiger partial charge in [0.05, 0.1) is 7.11 Å². The van der Waals surface area contributed by atoms with E-state index in [1.54, 1.807) is 0 Å². The second-order valence-corrected chi connectivity index (χ2v) is 3.59. The first kappa shape index (κ1) is 8.53. The van der Waals surface area contributed by atoms with Gasteiger partial charge in [0.25, 0.3) is 0 Å². The summed E-state index contributed by atoms with van der Waals surface area (Å²) in [5.41, 5.74) is 5.11. The van der Waals surface area contributed by atoms with Gasteiger partial charge in [-0.05, 0) is 18.3 Å². The average molecular weight is 157 g/mol. The van der Waals surface area contributed by atoms with Crippen molar-refractivity contribution in [2.75, 3.05) is 7.11 Å². The fraction of sp³-hybridized carbons (Fsp3) is 0.875. The zero-order valence-corrected chi connectivity index (χ0v) is 7.26. The normalized spacial score (nSPS) is 35.5. The molecule has 0 spiro atoms. The van der Waals surface area contributed by atoms with Gasteiger partial charge in [-0.2, -0.15) is 0 Å². The van der Waals surface area contributed by atoms with Crippen molar-refractivity contribution in [1.82, 2.24) is 0 Å². The molecule has 0 radical (unpaired) electrons. The molecule has 2 atom stereocenters. The summed E-state index contributed by atoms with van der Waals surface area (Å²) in [4.78, 5) is 11.1. The fourth-order valence-electron chi connectivity index (χ4n) is 1.56. The van der Waals surface area contributed by atoms with Gasteiger partial charge in [0.1, 0.15) is 5.54 Å². The van der Waals surface area contributed by atoms with Crippen molar-refractivity contribution in [3.8, 4) is 0 Å². The number of rotatable bonds is 2. The van der Waals surface area contributed by atoms with E-state index in [-0.39, 0.29) is 5.97 Å². The third-order valence-corrected chi connectivity index (χ3v) is 2.43. The zero-order valence-electron chi connectivity index (χ0n) is 7.26.